The van der Waals surface area contributed by atoms with Gasteiger partial charge in [-0.1, -0.05) is 0 Å². The number of carbonyl (C=O) groups excluding carboxylic acids is 1. The molecule has 84 valence electrons. The monoisotopic (exact) mass is 244 g/mol. The Bertz CT molecular complexity index is 358. The van der Waals surface area contributed by atoms with Crippen molar-refractivity contribution in [1.82, 2.24) is 9.44 Å². The maximum Gasteiger partial charge on any atom is 0.209 e. The lowest BCUT2D eigenvalue weighted by molar-refractivity contribution is -0.116. The summed E-state index contributed by atoms with van der Waals surface area (Å²) in [5.74, 6) is -0.555. The van der Waals surface area contributed by atoms with Gasteiger partial charge in [-0.05, 0) is 0 Å². The number of nitrogens with one attached hydrogen (secondary N) is 2. The molecule has 0 rings (SSSR count). The Hall–Kier alpha value is -0.510. The molecular formula is C5H12N2O5S2. The van der Waals surface area contributed by atoms with Crippen LogP contribution in [0.15, 0.2) is 0 Å². The lowest BCUT2D eigenvalue weighted by Gasteiger charge is -2.02. The second kappa shape index (κ2) is 4.82. The number of carbonyl (C=O) groups is 1. The van der Waals surface area contributed by atoms with E-state index in [4.69, 9.17) is 0 Å². The Morgan fingerprint density at radius 3 is 1.43 bits per heavy atom. The third kappa shape index (κ3) is 9.58. The SMILES string of the molecule is CS(=O)(=O)NCC(=O)CNS(C)(=O)=O. The Balaban J connectivity index is 3.91. The molecule has 0 radical (unpaired) electrons. The van der Waals surface area contributed by atoms with Crippen molar-refractivity contribution in [3.8, 4) is 0 Å². The molecule has 9 heteroatoms. The van der Waals surface area contributed by atoms with E-state index < -0.39 is 38.9 Å². The predicted octanol–water partition coefficient (Wildman–Crippen LogP) is -2.35. The fraction of sp³-hybridized carbons (Fsp3) is 0.800. The molecule has 0 aromatic rings. The normalized spacial score (nSPS) is 12.7. The fourth-order valence-electron chi connectivity index (χ4n) is 0.486. The van der Waals surface area contributed by atoms with Crippen molar-refractivity contribution in [3.63, 3.8) is 0 Å². The van der Waals surface area contributed by atoms with Crippen molar-refractivity contribution < 1.29 is 21.6 Å². The maximum absolute atomic E-state index is 10.9. The summed E-state index contributed by atoms with van der Waals surface area (Å²) in [6.45, 7) is -0.831. The minimum absolute atomic E-state index is 0.415. The minimum Gasteiger partial charge on any atom is -0.297 e. The van der Waals surface area contributed by atoms with Crippen LogP contribution in [0, 0.1) is 0 Å². The molecule has 0 amide bonds. The summed E-state index contributed by atoms with van der Waals surface area (Å²) in [5.41, 5.74) is 0. The first kappa shape index (κ1) is 13.5. The summed E-state index contributed by atoms with van der Waals surface area (Å²) in [6.07, 6.45) is 1.81. The molecule has 0 fully saturated rings. The molecule has 0 aromatic carbocycles. The van der Waals surface area contributed by atoms with Crippen LogP contribution >= 0.6 is 0 Å². The van der Waals surface area contributed by atoms with Crippen LogP contribution in [0.4, 0.5) is 0 Å². The van der Waals surface area contributed by atoms with E-state index in [0.29, 0.717) is 0 Å². The summed E-state index contributed by atoms with van der Waals surface area (Å²) in [6, 6.07) is 0. The van der Waals surface area contributed by atoms with Gasteiger partial charge in [-0.25, -0.2) is 26.3 Å². The van der Waals surface area contributed by atoms with Crippen molar-refractivity contribution in [2.45, 2.75) is 0 Å². The van der Waals surface area contributed by atoms with Crippen LogP contribution in [0.3, 0.4) is 0 Å². The van der Waals surface area contributed by atoms with Crippen LogP contribution in [-0.2, 0) is 24.8 Å². The number of Topliss-reactive ketones (excluding diaryl/α,β-unsaturated/α-hetero) is 1. The van der Waals surface area contributed by atoms with Crippen LogP contribution in [0.5, 0.6) is 0 Å². The van der Waals surface area contributed by atoms with Gasteiger partial charge in [-0.3, -0.25) is 4.79 Å². The fourth-order valence-corrected chi connectivity index (χ4v) is 1.33. The van der Waals surface area contributed by atoms with E-state index >= 15 is 0 Å². The van der Waals surface area contributed by atoms with Gasteiger partial charge in [0.25, 0.3) is 0 Å². The van der Waals surface area contributed by atoms with Gasteiger partial charge >= 0.3 is 0 Å². The van der Waals surface area contributed by atoms with Crippen molar-refractivity contribution in [2.75, 3.05) is 25.6 Å². The lowest BCUT2D eigenvalue weighted by atomic mass is 10.4. The molecule has 0 unspecified atom stereocenters. The standard InChI is InChI=1S/C5H12N2O5S2/c1-13(9,10)6-3-5(8)4-7-14(2,11)12/h6-7H,3-4H2,1-2H3. The van der Waals surface area contributed by atoms with E-state index in [1.807, 2.05) is 9.44 Å². The number of hydrogen-bond acceptors (Lipinski definition) is 5. The largest absolute Gasteiger partial charge is 0.297 e. The topological polar surface area (TPSA) is 109 Å². The second-order valence-electron chi connectivity index (χ2n) is 2.73. The summed E-state index contributed by atoms with van der Waals surface area (Å²) in [4.78, 5) is 10.9. The lowest BCUT2D eigenvalue weighted by Crippen LogP contribution is -2.36. The molecular weight excluding hydrogens is 232 g/mol. The Morgan fingerprint density at radius 2 is 1.21 bits per heavy atom. The third-order valence-electron chi connectivity index (χ3n) is 1.06. The smallest absolute Gasteiger partial charge is 0.209 e. The zero-order valence-corrected chi connectivity index (χ0v) is 9.40. The number of sulfonamides is 2. The number of hydrogen-bond donors (Lipinski definition) is 2. The molecule has 0 aliphatic rings. The molecule has 0 aliphatic carbocycles. The molecule has 0 aromatic heterocycles. The number of rotatable bonds is 6. The van der Waals surface area contributed by atoms with E-state index in [9.17, 15) is 21.6 Å². The maximum atomic E-state index is 10.9. The van der Waals surface area contributed by atoms with Gasteiger partial charge in [-0.2, -0.15) is 0 Å². The van der Waals surface area contributed by atoms with E-state index in [0.717, 1.165) is 12.5 Å². The average Bonchev–Trinajstić information content (AvgIpc) is 1.94. The van der Waals surface area contributed by atoms with Gasteiger partial charge in [0.15, 0.2) is 5.78 Å². The highest BCUT2D eigenvalue weighted by Crippen LogP contribution is 1.77. The van der Waals surface area contributed by atoms with Crippen molar-refractivity contribution in [3.05, 3.63) is 0 Å². The molecule has 0 saturated heterocycles. The van der Waals surface area contributed by atoms with Crippen molar-refractivity contribution >= 4 is 25.8 Å². The average molecular weight is 244 g/mol. The molecule has 14 heavy (non-hydrogen) atoms. The third-order valence-corrected chi connectivity index (χ3v) is 2.40. The summed E-state index contributed by atoms with van der Waals surface area (Å²) >= 11 is 0. The molecule has 0 atom stereocenters. The first-order valence-corrected chi connectivity index (χ1v) is 7.29. The van der Waals surface area contributed by atoms with Crippen LogP contribution < -0.4 is 9.44 Å². The highest BCUT2D eigenvalue weighted by atomic mass is 32.2. The van der Waals surface area contributed by atoms with E-state index in [-0.39, 0.29) is 0 Å². The van der Waals surface area contributed by atoms with E-state index in [2.05, 4.69) is 0 Å². The minimum atomic E-state index is -3.42. The van der Waals surface area contributed by atoms with Crippen LogP contribution in [0.2, 0.25) is 0 Å². The molecule has 0 aliphatic heterocycles. The van der Waals surface area contributed by atoms with Gasteiger partial charge in [0, 0.05) is 0 Å². The molecule has 7 nitrogen and oxygen atoms in total. The Kier molecular flexibility index (Phi) is 4.65. The van der Waals surface area contributed by atoms with Crippen LogP contribution in [0.25, 0.3) is 0 Å². The van der Waals surface area contributed by atoms with Gasteiger partial charge < -0.3 is 0 Å². The highest BCUT2D eigenvalue weighted by Gasteiger charge is 2.08. The van der Waals surface area contributed by atoms with Crippen LogP contribution in [-0.4, -0.2) is 48.2 Å². The summed E-state index contributed by atoms with van der Waals surface area (Å²) < 4.78 is 46.0. The molecule has 0 spiro atoms. The van der Waals surface area contributed by atoms with Gasteiger partial charge in [-0.15, -0.1) is 0 Å². The molecule has 0 heterocycles. The summed E-state index contributed by atoms with van der Waals surface area (Å²) in [7, 11) is -6.84. The Morgan fingerprint density at radius 1 is 0.929 bits per heavy atom. The quantitative estimate of drug-likeness (QED) is 0.544. The van der Waals surface area contributed by atoms with Gasteiger partial charge in [0.05, 0.1) is 25.6 Å². The first-order valence-electron chi connectivity index (χ1n) is 3.51. The number of ketones is 1. The predicted molar refractivity (Wildman–Crippen MR) is 50.7 cm³/mol. The molecule has 0 bridgehead atoms. The van der Waals surface area contributed by atoms with Gasteiger partial charge in [0.1, 0.15) is 0 Å². The van der Waals surface area contributed by atoms with Crippen LogP contribution in [0.1, 0.15) is 0 Å². The summed E-state index contributed by atoms with van der Waals surface area (Å²) in [5, 5.41) is 0. The zero-order valence-electron chi connectivity index (χ0n) is 7.77. The van der Waals surface area contributed by atoms with Gasteiger partial charge in [0.2, 0.25) is 20.0 Å². The highest BCUT2D eigenvalue weighted by molar-refractivity contribution is 7.89. The molecule has 0 saturated carbocycles. The van der Waals surface area contributed by atoms with Crippen molar-refractivity contribution in [1.29, 1.82) is 0 Å². The zero-order chi connectivity index (χ0) is 11.4. The van der Waals surface area contributed by atoms with E-state index in [1.54, 1.807) is 0 Å². The van der Waals surface area contributed by atoms with Crippen molar-refractivity contribution in [2.24, 2.45) is 0 Å². The second-order valence-corrected chi connectivity index (χ2v) is 6.39. The first-order chi connectivity index (χ1) is 6.10. The molecule has 2 N–H and O–H groups in total. The Labute approximate surface area is 83.0 Å². The van der Waals surface area contributed by atoms with E-state index in [1.165, 1.54) is 0 Å².